The van der Waals surface area contributed by atoms with Crippen LogP contribution >= 0.6 is 0 Å². The van der Waals surface area contributed by atoms with E-state index in [1.54, 1.807) is 10.8 Å². The third-order valence-electron chi connectivity index (χ3n) is 5.40. The number of pyridine rings is 1. The van der Waals surface area contributed by atoms with Crippen molar-refractivity contribution in [3.8, 4) is 0 Å². The fourth-order valence-electron chi connectivity index (χ4n) is 4.04. The summed E-state index contributed by atoms with van der Waals surface area (Å²) >= 11 is 0. The molecule has 7 heteroatoms. The van der Waals surface area contributed by atoms with Crippen LogP contribution in [0.5, 0.6) is 0 Å². The molecule has 3 aromatic rings. The number of hydrogen-bond acceptors (Lipinski definition) is 5. The van der Waals surface area contributed by atoms with Crippen molar-refractivity contribution in [2.24, 2.45) is 5.92 Å². The van der Waals surface area contributed by atoms with Crippen molar-refractivity contribution in [3.63, 3.8) is 0 Å². The van der Waals surface area contributed by atoms with Crippen molar-refractivity contribution in [2.45, 2.75) is 46.7 Å². The predicted octanol–water partition coefficient (Wildman–Crippen LogP) is 2.54. The summed E-state index contributed by atoms with van der Waals surface area (Å²) in [5.74, 6) is 1.29. The Labute approximate surface area is 158 Å². The van der Waals surface area contributed by atoms with Crippen molar-refractivity contribution in [2.75, 3.05) is 18.0 Å². The fraction of sp³-hybridized carbons (Fsp3) is 0.500. The summed E-state index contributed by atoms with van der Waals surface area (Å²) in [6.45, 7) is 9.24. The van der Waals surface area contributed by atoms with Gasteiger partial charge < -0.3 is 4.90 Å². The van der Waals surface area contributed by atoms with Gasteiger partial charge in [-0.15, -0.1) is 0 Å². The third kappa shape index (κ3) is 3.34. The van der Waals surface area contributed by atoms with Crippen LogP contribution in [0, 0.1) is 19.8 Å². The van der Waals surface area contributed by atoms with Crippen LogP contribution in [0.25, 0.3) is 11.2 Å². The van der Waals surface area contributed by atoms with E-state index in [-0.39, 0.29) is 5.69 Å². The van der Waals surface area contributed by atoms with Gasteiger partial charge in [-0.25, -0.2) is 19.7 Å². The van der Waals surface area contributed by atoms with Crippen molar-refractivity contribution >= 4 is 17.1 Å². The summed E-state index contributed by atoms with van der Waals surface area (Å²) in [5, 5.41) is 0. The average Bonchev–Trinajstić information content (AvgIpc) is 2.93. The number of fused-ring (bicyclic) bond motifs is 1. The minimum atomic E-state index is 0.0475. The molecule has 1 aliphatic rings. The zero-order valence-electron chi connectivity index (χ0n) is 16.2. The van der Waals surface area contributed by atoms with E-state index in [0.717, 1.165) is 61.0 Å². The molecule has 0 saturated carbocycles. The molecule has 0 aromatic carbocycles. The van der Waals surface area contributed by atoms with E-state index in [2.05, 4.69) is 19.9 Å². The number of nitrogens with zero attached hydrogens (tertiary/aromatic N) is 6. The van der Waals surface area contributed by atoms with Gasteiger partial charge in [-0.3, -0.25) is 9.13 Å². The van der Waals surface area contributed by atoms with Gasteiger partial charge in [-0.05, 0) is 57.7 Å². The highest BCUT2D eigenvalue weighted by Gasteiger charge is 2.24. The lowest BCUT2D eigenvalue weighted by Crippen LogP contribution is -2.37. The van der Waals surface area contributed by atoms with Crippen LogP contribution in [0.15, 0.2) is 29.2 Å². The number of piperidine rings is 1. The molecule has 0 spiro atoms. The van der Waals surface area contributed by atoms with Crippen LogP contribution in [0.1, 0.15) is 31.2 Å². The zero-order chi connectivity index (χ0) is 19.0. The highest BCUT2D eigenvalue weighted by atomic mass is 16.1. The molecule has 0 unspecified atom stereocenters. The van der Waals surface area contributed by atoms with E-state index in [0.29, 0.717) is 12.5 Å². The molecule has 0 atom stereocenters. The Morgan fingerprint density at radius 3 is 2.48 bits per heavy atom. The molecule has 0 radical (unpaired) electrons. The Kier molecular flexibility index (Phi) is 4.68. The van der Waals surface area contributed by atoms with E-state index >= 15 is 0 Å². The molecule has 142 valence electrons. The number of anilines is 1. The lowest BCUT2D eigenvalue weighted by Gasteiger charge is -2.32. The van der Waals surface area contributed by atoms with E-state index in [1.807, 2.05) is 43.5 Å². The maximum atomic E-state index is 12.8. The van der Waals surface area contributed by atoms with Gasteiger partial charge in [-0.1, -0.05) is 0 Å². The summed E-state index contributed by atoms with van der Waals surface area (Å²) in [4.78, 5) is 28.7. The molecule has 1 fully saturated rings. The van der Waals surface area contributed by atoms with Crippen LogP contribution in [0.4, 0.5) is 5.95 Å². The van der Waals surface area contributed by atoms with E-state index in [4.69, 9.17) is 0 Å². The van der Waals surface area contributed by atoms with Gasteiger partial charge in [0.05, 0.1) is 5.52 Å². The van der Waals surface area contributed by atoms with Crippen LogP contribution in [0.3, 0.4) is 0 Å². The Hall–Kier alpha value is -2.70. The highest BCUT2D eigenvalue weighted by Crippen LogP contribution is 2.23. The molecule has 1 saturated heterocycles. The van der Waals surface area contributed by atoms with Crippen molar-refractivity contribution in [1.29, 1.82) is 0 Å². The van der Waals surface area contributed by atoms with Crippen LogP contribution < -0.4 is 10.6 Å². The summed E-state index contributed by atoms with van der Waals surface area (Å²) < 4.78 is 3.66. The number of aryl methyl sites for hydroxylation is 3. The predicted molar refractivity (Wildman–Crippen MR) is 106 cm³/mol. The molecule has 7 nitrogen and oxygen atoms in total. The maximum absolute atomic E-state index is 12.8. The van der Waals surface area contributed by atoms with Gasteiger partial charge in [0.2, 0.25) is 5.95 Å². The largest absolute Gasteiger partial charge is 0.341 e. The summed E-state index contributed by atoms with van der Waals surface area (Å²) in [6, 6.07) is 5.86. The second-order valence-corrected chi connectivity index (χ2v) is 7.36. The second-order valence-electron chi connectivity index (χ2n) is 7.36. The van der Waals surface area contributed by atoms with Gasteiger partial charge in [0.15, 0.2) is 5.65 Å². The molecule has 4 rings (SSSR count). The Morgan fingerprint density at radius 1 is 1.11 bits per heavy atom. The van der Waals surface area contributed by atoms with Gasteiger partial charge in [-0.2, -0.15) is 0 Å². The lowest BCUT2D eigenvalue weighted by molar-refractivity contribution is 0.352. The van der Waals surface area contributed by atoms with Gasteiger partial charge in [0.1, 0.15) is 0 Å². The first-order valence-electron chi connectivity index (χ1n) is 9.68. The number of rotatable bonds is 4. The standard InChI is InChI=1S/C20H26N6O/c1-4-25-17-6-5-9-21-18(17)26(20(25)27)13-16-7-10-24(11-8-16)19-22-14(2)12-15(3)23-19/h5-6,9,12,16H,4,7-8,10-11,13H2,1-3H3. The minimum Gasteiger partial charge on any atom is -0.341 e. The summed E-state index contributed by atoms with van der Waals surface area (Å²) in [6.07, 6.45) is 3.81. The SMILES string of the molecule is CCn1c(=O)n(CC2CCN(c3nc(C)cc(C)n3)CC2)c2ncccc21. The Balaban J connectivity index is 1.51. The van der Waals surface area contributed by atoms with Crippen LogP contribution in [0.2, 0.25) is 0 Å². The van der Waals surface area contributed by atoms with Gasteiger partial charge >= 0.3 is 5.69 Å². The molecule has 0 bridgehead atoms. The molecule has 0 amide bonds. The summed E-state index contributed by atoms with van der Waals surface area (Å²) in [7, 11) is 0. The molecular formula is C20H26N6O. The molecule has 27 heavy (non-hydrogen) atoms. The van der Waals surface area contributed by atoms with Gasteiger partial charge in [0, 0.05) is 43.8 Å². The van der Waals surface area contributed by atoms with Gasteiger partial charge in [0.25, 0.3) is 0 Å². The van der Waals surface area contributed by atoms with E-state index in [9.17, 15) is 4.79 Å². The van der Waals surface area contributed by atoms with Crippen LogP contribution in [-0.2, 0) is 13.1 Å². The minimum absolute atomic E-state index is 0.0475. The second kappa shape index (κ2) is 7.13. The smallest absolute Gasteiger partial charge is 0.330 e. The quantitative estimate of drug-likeness (QED) is 0.710. The highest BCUT2D eigenvalue weighted by molar-refractivity contribution is 5.71. The molecule has 3 aromatic heterocycles. The van der Waals surface area contributed by atoms with Crippen molar-refractivity contribution in [1.82, 2.24) is 24.1 Å². The zero-order valence-corrected chi connectivity index (χ0v) is 16.2. The Morgan fingerprint density at radius 2 is 1.81 bits per heavy atom. The van der Waals surface area contributed by atoms with Crippen molar-refractivity contribution in [3.05, 3.63) is 46.3 Å². The average molecular weight is 366 g/mol. The van der Waals surface area contributed by atoms with E-state index in [1.165, 1.54) is 0 Å². The number of imidazole rings is 1. The van der Waals surface area contributed by atoms with E-state index < -0.39 is 0 Å². The first-order chi connectivity index (χ1) is 13.1. The first kappa shape index (κ1) is 17.7. The maximum Gasteiger partial charge on any atom is 0.330 e. The molecule has 4 heterocycles. The fourth-order valence-corrected chi connectivity index (χ4v) is 4.04. The molecule has 1 aliphatic heterocycles. The first-order valence-corrected chi connectivity index (χ1v) is 9.68. The normalized spacial score (nSPS) is 15.6. The Bertz CT molecular complexity index is 993. The molecular weight excluding hydrogens is 340 g/mol. The summed E-state index contributed by atoms with van der Waals surface area (Å²) in [5.41, 5.74) is 3.77. The number of hydrogen-bond donors (Lipinski definition) is 0. The number of aromatic nitrogens is 5. The van der Waals surface area contributed by atoms with Crippen molar-refractivity contribution < 1.29 is 0 Å². The topological polar surface area (TPSA) is 68.8 Å². The monoisotopic (exact) mass is 366 g/mol. The molecule has 0 N–H and O–H groups in total. The third-order valence-corrected chi connectivity index (χ3v) is 5.40. The molecule has 0 aliphatic carbocycles. The lowest BCUT2D eigenvalue weighted by atomic mass is 9.97. The van der Waals surface area contributed by atoms with Crippen LogP contribution in [-0.4, -0.2) is 37.2 Å².